The van der Waals surface area contributed by atoms with Crippen LogP contribution in [0.15, 0.2) is 36.5 Å². The van der Waals surface area contributed by atoms with Gasteiger partial charge >= 0.3 is 0 Å². The predicted molar refractivity (Wildman–Crippen MR) is 90.9 cm³/mol. The minimum atomic E-state index is -1.61. The summed E-state index contributed by atoms with van der Waals surface area (Å²) in [5.41, 5.74) is 1.65. The van der Waals surface area contributed by atoms with Crippen LogP contribution >= 0.6 is 0 Å². The van der Waals surface area contributed by atoms with Crippen LogP contribution in [-0.2, 0) is 6.54 Å². The van der Waals surface area contributed by atoms with Crippen molar-refractivity contribution in [2.45, 2.75) is 56.1 Å². The molecular weight excluding hydrogens is 340 g/mol. The van der Waals surface area contributed by atoms with Crippen molar-refractivity contribution in [3.8, 4) is 0 Å². The van der Waals surface area contributed by atoms with Gasteiger partial charge in [0.15, 0.2) is 0 Å². The molecule has 0 saturated heterocycles. The van der Waals surface area contributed by atoms with Gasteiger partial charge in [-0.3, -0.25) is 0 Å². The summed E-state index contributed by atoms with van der Waals surface area (Å²) in [6.45, 7) is 2.15. The summed E-state index contributed by atoms with van der Waals surface area (Å²) in [5, 5.41) is 60.2. The first-order valence-corrected chi connectivity index (χ1v) is 8.49. The number of nitrogens with zero attached hydrogens (tertiary/aromatic N) is 3. The van der Waals surface area contributed by atoms with E-state index < -0.39 is 36.6 Å². The van der Waals surface area contributed by atoms with E-state index in [1.807, 2.05) is 37.3 Å². The summed E-state index contributed by atoms with van der Waals surface area (Å²) in [6, 6.07) is 8.79. The van der Waals surface area contributed by atoms with Crippen molar-refractivity contribution < 1.29 is 25.5 Å². The normalized spacial score (nSPS) is 33.2. The van der Waals surface area contributed by atoms with E-state index in [1.54, 1.807) is 10.9 Å². The van der Waals surface area contributed by atoms with Gasteiger partial charge in [0.1, 0.15) is 30.5 Å². The van der Waals surface area contributed by atoms with Gasteiger partial charge in [-0.15, -0.1) is 5.10 Å². The summed E-state index contributed by atoms with van der Waals surface area (Å²) < 4.78 is 1.70. The maximum atomic E-state index is 10.0. The molecule has 1 heterocycles. The number of nitrogens with one attached hydrogen (secondary N) is 1. The van der Waals surface area contributed by atoms with Gasteiger partial charge in [-0.1, -0.05) is 35.5 Å². The highest BCUT2D eigenvalue weighted by atomic mass is 16.4. The molecule has 1 aliphatic rings. The lowest BCUT2D eigenvalue weighted by Crippen LogP contribution is -2.67. The molecule has 1 aromatic heterocycles. The maximum Gasteiger partial charge on any atom is 0.111 e. The van der Waals surface area contributed by atoms with Crippen molar-refractivity contribution in [3.63, 3.8) is 0 Å². The average molecular weight is 364 g/mol. The molecular formula is C17H24N4O5. The van der Waals surface area contributed by atoms with Gasteiger partial charge < -0.3 is 30.8 Å². The molecule has 9 nitrogen and oxygen atoms in total. The van der Waals surface area contributed by atoms with Crippen molar-refractivity contribution >= 4 is 0 Å². The Morgan fingerprint density at radius 1 is 0.962 bits per heavy atom. The lowest BCUT2D eigenvalue weighted by molar-refractivity contribution is -0.190. The molecule has 0 radical (unpaired) electrons. The molecule has 1 saturated carbocycles. The van der Waals surface area contributed by atoms with Crippen LogP contribution in [0, 0.1) is 0 Å². The Kier molecular flexibility index (Phi) is 5.66. The SMILES string of the molecule is CC(c1ccccc1)n1cc(CNC2C(O)C(O)C(O)C(O)C2O)nn1. The Balaban J connectivity index is 1.64. The zero-order chi connectivity index (χ0) is 18.8. The molecule has 26 heavy (non-hydrogen) atoms. The molecule has 0 amide bonds. The summed E-state index contributed by atoms with van der Waals surface area (Å²) in [5.74, 6) is 0. The molecule has 0 spiro atoms. The second kappa shape index (κ2) is 7.78. The van der Waals surface area contributed by atoms with Crippen LogP contribution in [0.2, 0.25) is 0 Å². The molecule has 5 unspecified atom stereocenters. The van der Waals surface area contributed by atoms with Gasteiger partial charge in [-0.25, -0.2) is 4.68 Å². The van der Waals surface area contributed by atoms with Gasteiger partial charge in [0.25, 0.3) is 0 Å². The summed E-state index contributed by atoms with van der Waals surface area (Å²) >= 11 is 0. The second-order valence-corrected chi connectivity index (χ2v) is 6.64. The molecule has 1 fully saturated rings. The third kappa shape index (κ3) is 3.63. The zero-order valence-corrected chi connectivity index (χ0v) is 14.3. The monoisotopic (exact) mass is 364 g/mol. The van der Waals surface area contributed by atoms with E-state index in [0.717, 1.165) is 5.56 Å². The minimum Gasteiger partial charge on any atom is -0.389 e. The molecule has 3 rings (SSSR count). The fourth-order valence-electron chi connectivity index (χ4n) is 3.16. The lowest BCUT2D eigenvalue weighted by Gasteiger charge is -2.42. The van der Waals surface area contributed by atoms with Crippen LogP contribution < -0.4 is 5.32 Å². The fraction of sp³-hybridized carbons (Fsp3) is 0.529. The molecule has 0 bridgehead atoms. The minimum absolute atomic E-state index is 0.0119. The highest BCUT2D eigenvalue weighted by Gasteiger charge is 2.47. The van der Waals surface area contributed by atoms with Crippen LogP contribution in [0.4, 0.5) is 0 Å². The Morgan fingerprint density at radius 3 is 2.15 bits per heavy atom. The van der Waals surface area contributed by atoms with E-state index in [9.17, 15) is 25.5 Å². The van der Waals surface area contributed by atoms with Crippen LogP contribution in [-0.4, -0.2) is 77.1 Å². The van der Waals surface area contributed by atoms with Gasteiger partial charge in [-0.05, 0) is 12.5 Å². The number of aliphatic hydroxyl groups is 5. The second-order valence-electron chi connectivity index (χ2n) is 6.64. The number of aliphatic hydroxyl groups excluding tert-OH is 5. The van der Waals surface area contributed by atoms with E-state index >= 15 is 0 Å². The van der Waals surface area contributed by atoms with Crippen LogP contribution in [0.3, 0.4) is 0 Å². The van der Waals surface area contributed by atoms with E-state index in [1.165, 1.54) is 0 Å². The first-order valence-electron chi connectivity index (χ1n) is 8.49. The van der Waals surface area contributed by atoms with Crippen LogP contribution in [0.1, 0.15) is 24.2 Å². The average Bonchev–Trinajstić information content (AvgIpc) is 3.14. The Bertz CT molecular complexity index is 696. The quantitative estimate of drug-likeness (QED) is 0.363. The molecule has 2 aromatic rings. The molecule has 1 aromatic carbocycles. The number of rotatable bonds is 5. The third-order valence-electron chi connectivity index (χ3n) is 4.89. The highest BCUT2D eigenvalue weighted by molar-refractivity contribution is 5.19. The van der Waals surface area contributed by atoms with Crippen molar-refractivity contribution in [2.75, 3.05) is 0 Å². The van der Waals surface area contributed by atoms with E-state index in [-0.39, 0.29) is 12.6 Å². The smallest absolute Gasteiger partial charge is 0.111 e. The molecule has 6 N–H and O–H groups in total. The molecule has 9 heteroatoms. The third-order valence-corrected chi connectivity index (χ3v) is 4.89. The Labute approximate surface area is 150 Å². The van der Waals surface area contributed by atoms with Crippen molar-refractivity contribution in [2.24, 2.45) is 0 Å². The van der Waals surface area contributed by atoms with E-state index in [2.05, 4.69) is 15.6 Å². The van der Waals surface area contributed by atoms with Crippen molar-refractivity contribution in [3.05, 3.63) is 47.8 Å². The van der Waals surface area contributed by atoms with Crippen LogP contribution in [0.5, 0.6) is 0 Å². The standard InChI is InChI=1S/C17H24N4O5/c1-9(10-5-3-2-4-6-10)21-8-11(19-20-21)7-18-12-13(22)15(24)17(26)16(25)14(12)23/h2-6,8-9,12-18,22-26H,7H2,1H3. The van der Waals surface area contributed by atoms with Crippen molar-refractivity contribution in [1.82, 2.24) is 20.3 Å². The molecule has 142 valence electrons. The number of hydrogen-bond acceptors (Lipinski definition) is 8. The lowest BCUT2D eigenvalue weighted by atomic mass is 9.83. The Hall–Kier alpha value is -1.88. The van der Waals surface area contributed by atoms with Gasteiger partial charge in [0, 0.05) is 6.54 Å². The summed E-state index contributed by atoms with van der Waals surface area (Å²) in [4.78, 5) is 0. The zero-order valence-electron chi connectivity index (χ0n) is 14.3. The Morgan fingerprint density at radius 2 is 1.54 bits per heavy atom. The number of aromatic nitrogens is 3. The summed E-state index contributed by atoms with van der Waals surface area (Å²) in [6.07, 6.45) is -5.83. The largest absolute Gasteiger partial charge is 0.389 e. The maximum absolute atomic E-state index is 10.0. The fourth-order valence-corrected chi connectivity index (χ4v) is 3.16. The highest BCUT2D eigenvalue weighted by Crippen LogP contribution is 2.22. The van der Waals surface area contributed by atoms with Gasteiger partial charge in [-0.2, -0.15) is 0 Å². The first-order chi connectivity index (χ1) is 12.4. The molecule has 1 aliphatic carbocycles. The first kappa shape index (κ1) is 18.9. The van der Waals surface area contributed by atoms with Crippen LogP contribution in [0.25, 0.3) is 0 Å². The molecule has 5 atom stereocenters. The number of hydrogen-bond donors (Lipinski definition) is 6. The van der Waals surface area contributed by atoms with E-state index in [0.29, 0.717) is 5.69 Å². The van der Waals surface area contributed by atoms with Gasteiger partial charge in [0.2, 0.25) is 0 Å². The summed E-state index contributed by atoms with van der Waals surface area (Å²) in [7, 11) is 0. The van der Waals surface area contributed by atoms with Gasteiger partial charge in [0.05, 0.1) is 24.0 Å². The topological polar surface area (TPSA) is 144 Å². The van der Waals surface area contributed by atoms with E-state index in [4.69, 9.17) is 0 Å². The molecule has 0 aliphatic heterocycles. The number of benzene rings is 1. The predicted octanol–water partition coefficient (Wildman–Crippen LogP) is -1.84. The van der Waals surface area contributed by atoms with Crippen molar-refractivity contribution in [1.29, 1.82) is 0 Å².